The third-order valence-corrected chi connectivity index (χ3v) is 5.44. The second kappa shape index (κ2) is 12.9. The molecular formula is C18H28N4O6S. The van der Waals surface area contributed by atoms with Gasteiger partial charge in [0.15, 0.2) is 0 Å². The molecule has 10 nitrogen and oxygen atoms in total. The zero-order valence-electron chi connectivity index (χ0n) is 16.1. The van der Waals surface area contributed by atoms with E-state index in [-0.39, 0.29) is 23.8 Å². The van der Waals surface area contributed by atoms with E-state index in [1.165, 1.54) is 24.3 Å². The molecule has 0 unspecified atom stereocenters. The second-order valence-corrected chi connectivity index (χ2v) is 8.07. The van der Waals surface area contributed by atoms with Gasteiger partial charge in [0, 0.05) is 13.0 Å². The molecule has 6 N–H and O–H groups in total. The van der Waals surface area contributed by atoms with Gasteiger partial charge in [-0.05, 0) is 31.5 Å². The number of carboxylic acid groups (broad SMARTS) is 1. The molecule has 1 aromatic carbocycles. The van der Waals surface area contributed by atoms with E-state index in [1.807, 2.05) is 4.72 Å². The van der Waals surface area contributed by atoms with Crippen molar-refractivity contribution in [3.05, 3.63) is 30.3 Å². The Hall–Kier alpha value is -2.50. The number of sulfonamides is 1. The van der Waals surface area contributed by atoms with Gasteiger partial charge < -0.3 is 21.5 Å². The van der Waals surface area contributed by atoms with Crippen LogP contribution in [0.4, 0.5) is 0 Å². The van der Waals surface area contributed by atoms with Crippen molar-refractivity contribution < 1.29 is 27.9 Å². The molecule has 0 spiro atoms. The van der Waals surface area contributed by atoms with Crippen LogP contribution in [0.5, 0.6) is 0 Å². The summed E-state index contributed by atoms with van der Waals surface area (Å²) in [6.45, 7) is -0.167. The van der Waals surface area contributed by atoms with Crippen molar-refractivity contribution in [3.63, 3.8) is 0 Å². The quantitative estimate of drug-likeness (QED) is 0.250. The fourth-order valence-corrected chi connectivity index (χ4v) is 3.57. The first kappa shape index (κ1) is 24.5. The molecule has 0 fully saturated rings. The molecule has 29 heavy (non-hydrogen) atoms. The number of hydrogen-bond acceptors (Lipinski definition) is 6. The van der Waals surface area contributed by atoms with E-state index >= 15 is 0 Å². The molecule has 0 heterocycles. The SMILES string of the molecule is NCCCCCCC(=O)NCC(=O)NC[C@H](NS(=O)(=O)c1ccccc1)C(=O)O. The third kappa shape index (κ3) is 10.0. The summed E-state index contributed by atoms with van der Waals surface area (Å²) >= 11 is 0. The van der Waals surface area contributed by atoms with Crippen LogP contribution in [0.3, 0.4) is 0 Å². The minimum Gasteiger partial charge on any atom is -0.480 e. The van der Waals surface area contributed by atoms with E-state index in [2.05, 4.69) is 10.6 Å². The van der Waals surface area contributed by atoms with Crippen molar-refractivity contribution in [2.75, 3.05) is 19.6 Å². The van der Waals surface area contributed by atoms with Gasteiger partial charge in [-0.15, -0.1) is 0 Å². The number of hydrogen-bond donors (Lipinski definition) is 5. The van der Waals surface area contributed by atoms with E-state index in [0.29, 0.717) is 13.0 Å². The van der Waals surface area contributed by atoms with Gasteiger partial charge in [0.2, 0.25) is 21.8 Å². The van der Waals surface area contributed by atoms with Crippen molar-refractivity contribution in [2.45, 2.75) is 43.0 Å². The number of nitrogens with two attached hydrogens (primary N) is 1. The van der Waals surface area contributed by atoms with Crippen LogP contribution in [-0.2, 0) is 24.4 Å². The van der Waals surface area contributed by atoms with Gasteiger partial charge in [-0.2, -0.15) is 4.72 Å². The maximum Gasteiger partial charge on any atom is 0.323 e. The molecule has 0 bridgehead atoms. The summed E-state index contributed by atoms with van der Waals surface area (Å²) in [5.74, 6) is -2.34. The van der Waals surface area contributed by atoms with Crippen LogP contribution in [0.2, 0.25) is 0 Å². The molecule has 1 aromatic rings. The van der Waals surface area contributed by atoms with E-state index in [0.717, 1.165) is 19.3 Å². The molecule has 0 aliphatic rings. The van der Waals surface area contributed by atoms with Crippen LogP contribution in [0.25, 0.3) is 0 Å². The summed E-state index contributed by atoms with van der Waals surface area (Å²) in [6, 6.07) is 5.74. The zero-order chi connectivity index (χ0) is 21.7. The van der Waals surface area contributed by atoms with Crippen molar-refractivity contribution in [2.24, 2.45) is 5.73 Å². The lowest BCUT2D eigenvalue weighted by Crippen LogP contribution is -2.49. The number of carbonyl (C=O) groups is 3. The summed E-state index contributed by atoms with van der Waals surface area (Å²) in [6.07, 6.45) is 3.70. The molecule has 1 rings (SSSR count). The van der Waals surface area contributed by atoms with Crippen molar-refractivity contribution in [1.29, 1.82) is 0 Å². The zero-order valence-corrected chi connectivity index (χ0v) is 16.9. The molecule has 0 aliphatic heterocycles. The van der Waals surface area contributed by atoms with Gasteiger partial charge >= 0.3 is 5.97 Å². The van der Waals surface area contributed by atoms with Gasteiger partial charge in [0.1, 0.15) is 6.04 Å². The predicted molar refractivity (Wildman–Crippen MR) is 106 cm³/mol. The molecule has 0 aromatic heterocycles. The predicted octanol–water partition coefficient (Wildman–Crippen LogP) is -0.440. The summed E-state index contributed by atoms with van der Waals surface area (Å²) in [4.78, 5) is 34.7. The highest BCUT2D eigenvalue weighted by Crippen LogP contribution is 2.08. The smallest absolute Gasteiger partial charge is 0.323 e. The van der Waals surface area contributed by atoms with Crippen LogP contribution >= 0.6 is 0 Å². The lowest BCUT2D eigenvalue weighted by atomic mass is 10.1. The summed E-state index contributed by atoms with van der Waals surface area (Å²) in [5, 5.41) is 14.0. The Morgan fingerprint density at radius 3 is 2.24 bits per heavy atom. The van der Waals surface area contributed by atoms with Gasteiger partial charge in [-0.3, -0.25) is 14.4 Å². The average molecular weight is 429 g/mol. The molecule has 162 valence electrons. The van der Waals surface area contributed by atoms with E-state index in [1.54, 1.807) is 6.07 Å². The average Bonchev–Trinajstić information content (AvgIpc) is 2.69. The van der Waals surface area contributed by atoms with Crippen molar-refractivity contribution >= 4 is 27.8 Å². The monoisotopic (exact) mass is 428 g/mol. The Bertz CT molecular complexity index is 770. The molecule has 1 atom stereocenters. The Morgan fingerprint density at radius 2 is 1.62 bits per heavy atom. The summed E-state index contributed by atoms with van der Waals surface area (Å²) in [5.41, 5.74) is 5.38. The maximum absolute atomic E-state index is 12.2. The number of carboxylic acids is 1. The van der Waals surface area contributed by atoms with Crippen molar-refractivity contribution in [3.8, 4) is 0 Å². The summed E-state index contributed by atoms with van der Waals surface area (Å²) in [7, 11) is -4.05. The van der Waals surface area contributed by atoms with Gasteiger partial charge in [-0.1, -0.05) is 31.0 Å². The number of amides is 2. The minimum absolute atomic E-state index is 0.0868. The standard InChI is InChI=1S/C18H28N4O6S/c19-11-7-2-1-6-10-16(23)21-13-17(24)20-12-15(18(25)26)22-29(27,28)14-8-4-3-5-9-14/h3-5,8-9,15,22H,1-2,6-7,10-13,19H2,(H,20,24)(H,21,23)(H,25,26)/t15-/m0/s1. The molecule has 2 amide bonds. The topological polar surface area (TPSA) is 168 Å². The molecular weight excluding hydrogens is 400 g/mol. The molecule has 0 saturated heterocycles. The fourth-order valence-electron chi connectivity index (χ4n) is 2.36. The second-order valence-electron chi connectivity index (χ2n) is 6.36. The molecule has 0 saturated carbocycles. The Kier molecular flexibility index (Phi) is 10.9. The van der Waals surface area contributed by atoms with Gasteiger partial charge in [0.25, 0.3) is 0 Å². The molecule has 11 heteroatoms. The summed E-state index contributed by atoms with van der Waals surface area (Å²) < 4.78 is 26.5. The lowest BCUT2D eigenvalue weighted by molar-refractivity contribution is -0.139. The third-order valence-electron chi connectivity index (χ3n) is 3.96. The Balaban J connectivity index is 2.41. The van der Waals surface area contributed by atoms with Crippen molar-refractivity contribution in [1.82, 2.24) is 15.4 Å². The number of rotatable bonds is 14. The highest BCUT2D eigenvalue weighted by atomic mass is 32.2. The van der Waals surface area contributed by atoms with Crippen LogP contribution in [0.15, 0.2) is 35.2 Å². The number of nitrogens with one attached hydrogen (secondary N) is 3. The van der Waals surface area contributed by atoms with E-state index in [9.17, 15) is 27.9 Å². The normalized spacial score (nSPS) is 12.2. The van der Waals surface area contributed by atoms with Gasteiger partial charge in [0.05, 0.1) is 11.4 Å². The van der Waals surface area contributed by atoms with Crippen LogP contribution < -0.4 is 21.1 Å². The van der Waals surface area contributed by atoms with E-state index < -0.39 is 34.5 Å². The number of benzene rings is 1. The fraction of sp³-hybridized carbons (Fsp3) is 0.500. The first-order valence-electron chi connectivity index (χ1n) is 9.30. The van der Waals surface area contributed by atoms with Gasteiger partial charge in [-0.25, -0.2) is 8.42 Å². The number of carbonyl (C=O) groups excluding carboxylic acids is 2. The van der Waals surface area contributed by atoms with Crippen LogP contribution in [0, 0.1) is 0 Å². The Labute approximate surface area is 170 Å². The molecule has 0 aliphatic carbocycles. The maximum atomic E-state index is 12.2. The lowest BCUT2D eigenvalue weighted by Gasteiger charge is -2.16. The largest absolute Gasteiger partial charge is 0.480 e. The number of unbranched alkanes of at least 4 members (excludes halogenated alkanes) is 3. The Morgan fingerprint density at radius 1 is 0.966 bits per heavy atom. The molecule has 0 radical (unpaired) electrons. The minimum atomic E-state index is -4.05. The van der Waals surface area contributed by atoms with E-state index in [4.69, 9.17) is 5.73 Å². The first-order chi connectivity index (χ1) is 13.8. The highest BCUT2D eigenvalue weighted by Gasteiger charge is 2.25. The highest BCUT2D eigenvalue weighted by molar-refractivity contribution is 7.89. The van der Waals surface area contributed by atoms with Crippen LogP contribution in [0.1, 0.15) is 32.1 Å². The first-order valence-corrected chi connectivity index (χ1v) is 10.8. The van der Waals surface area contributed by atoms with Crippen LogP contribution in [-0.4, -0.2) is 57.0 Å². The number of aliphatic carboxylic acids is 1.